The minimum atomic E-state index is -0.647. The van der Waals surface area contributed by atoms with Gasteiger partial charge in [-0.25, -0.2) is 0 Å². The Morgan fingerprint density at radius 2 is 2.15 bits per heavy atom. The number of para-hydroxylation sites is 1. The van der Waals surface area contributed by atoms with Crippen LogP contribution in [0, 0.1) is 0 Å². The summed E-state index contributed by atoms with van der Waals surface area (Å²) >= 11 is 0. The minimum Gasteiger partial charge on any atom is -0.504 e. The first kappa shape index (κ1) is 8.38. The second kappa shape index (κ2) is 2.64. The summed E-state index contributed by atoms with van der Waals surface area (Å²) in [6, 6.07) is 5.27. The summed E-state index contributed by atoms with van der Waals surface area (Å²) in [6.07, 6.45) is 0. The third kappa shape index (κ3) is 1.47. The quantitative estimate of drug-likeness (QED) is 0.664. The lowest BCUT2D eigenvalue weighted by atomic mass is 10.1. The highest BCUT2D eigenvalue weighted by molar-refractivity contribution is 5.46. The van der Waals surface area contributed by atoms with E-state index in [2.05, 4.69) is 0 Å². The average molecular weight is 180 g/mol. The lowest BCUT2D eigenvalue weighted by molar-refractivity contribution is -0.180. The van der Waals surface area contributed by atoms with E-state index in [9.17, 15) is 5.11 Å². The number of fused-ring (bicyclic) bond motifs is 1. The van der Waals surface area contributed by atoms with Crippen molar-refractivity contribution in [2.45, 2.75) is 26.2 Å². The van der Waals surface area contributed by atoms with E-state index in [0.29, 0.717) is 12.4 Å². The fourth-order valence-electron chi connectivity index (χ4n) is 1.33. The molecule has 0 spiro atoms. The van der Waals surface area contributed by atoms with Crippen LogP contribution in [0.25, 0.3) is 0 Å². The van der Waals surface area contributed by atoms with E-state index < -0.39 is 5.79 Å². The molecular weight excluding hydrogens is 168 g/mol. The monoisotopic (exact) mass is 180 g/mol. The van der Waals surface area contributed by atoms with Crippen molar-refractivity contribution in [2.24, 2.45) is 0 Å². The van der Waals surface area contributed by atoms with Crippen LogP contribution >= 0.6 is 0 Å². The third-order valence-electron chi connectivity index (χ3n) is 2.00. The molecule has 0 saturated heterocycles. The van der Waals surface area contributed by atoms with E-state index in [-0.39, 0.29) is 5.75 Å². The molecule has 0 unspecified atom stereocenters. The zero-order valence-electron chi connectivity index (χ0n) is 7.70. The Morgan fingerprint density at radius 3 is 2.92 bits per heavy atom. The summed E-state index contributed by atoms with van der Waals surface area (Å²) in [5.74, 6) is 0.0684. The van der Waals surface area contributed by atoms with Crippen molar-refractivity contribution in [2.75, 3.05) is 0 Å². The Hall–Kier alpha value is -1.22. The van der Waals surface area contributed by atoms with Gasteiger partial charge in [-0.3, -0.25) is 0 Å². The molecule has 1 heterocycles. The van der Waals surface area contributed by atoms with Crippen LogP contribution in [0.1, 0.15) is 19.4 Å². The summed E-state index contributed by atoms with van der Waals surface area (Å²) < 4.78 is 10.9. The largest absolute Gasteiger partial charge is 0.504 e. The SMILES string of the molecule is CC1(C)OCc2cccc(O)c2O1. The molecule has 1 aliphatic heterocycles. The number of benzene rings is 1. The number of hydrogen-bond donors (Lipinski definition) is 1. The molecular formula is C10H12O3. The van der Waals surface area contributed by atoms with Crippen LogP contribution in [0.15, 0.2) is 18.2 Å². The Labute approximate surface area is 76.9 Å². The first-order chi connectivity index (χ1) is 6.08. The van der Waals surface area contributed by atoms with Gasteiger partial charge in [-0.1, -0.05) is 12.1 Å². The standard InChI is InChI=1S/C10H12O3/c1-10(2)12-6-7-4-3-5-8(11)9(7)13-10/h3-5,11H,6H2,1-2H3. The highest BCUT2D eigenvalue weighted by atomic mass is 16.7. The van der Waals surface area contributed by atoms with Crippen LogP contribution in [0.3, 0.4) is 0 Å². The van der Waals surface area contributed by atoms with Crippen LogP contribution in [0.5, 0.6) is 11.5 Å². The molecule has 2 rings (SSSR count). The summed E-state index contributed by atoms with van der Waals surface area (Å²) in [4.78, 5) is 0. The molecule has 0 bridgehead atoms. The van der Waals surface area contributed by atoms with Crippen LogP contribution in [0.4, 0.5) is 0 Å². The van der Waals surface area contributed by atoms with Crippen LogP contribution < -0.4 is 4.74 Å². The zero-order valence-corrected chi connectivity index (χ0v) is 7.70. The molecule has 1 N–H and O–H groups in total. The summed E-state index contributed by atoms with van der Waals surface area (Å²) in [5, 5.41) is 9.51. The predicted molar refractivity (Wildman–Crippen MR) is 47.6 cm³/mol. The molecule has 0 atom stereocenters. The van der Waals surface area contributed by atoms with E-state index >= 15 is 0 Å². The molecule has 13 heavy (non-hydrogen) atoms. The second-order valence-electron chi connectivity index (χ2n) is 3.56. The van der Waals surface area contributed by atoms with E-state index in [1.165, 1.54) is 0 Å². The van der Waals surface area contributed by atoms with E-state index in [1.807, 2.05) is 19.9 Å². The summed E-state index contributed by atoms with van der Waals surface area (Å²) in [5.41, 5.74) is 0.888. The Kier molecular flexibility index (Phi) is 1.70. The van der Waals surface area contributed by atoms with Crippen molar-refractivity contribution >= 4 is 0 Å². The van der Waals surface area contributed by atoms with Gasteiger partial charge in [0, 0.05) is 19.4 Å². The molecule has 1 aromatic rings. The molecule has 1 aliphatic rings. The van der Waals surface area contributed by atoms with E-state index in [4.69, 9.17) is 9.47 Å². The first-order valence-electron chi connectivity index (χ1n) is 4.22. The normalized spacial score (nSPS) is 18.9. The van der Waals surface area contributed by atoms with Crippen molar-refractivity contribution in [3.63, 3.8) is 0 Å². The van der Waals surface area contributed by atoms with Gasteiger partial charge in [0.25, 0.3) is 0 Å². The second-order valence-corrected chi connectivity index (χ2v) is 3.56. The Morgan fingerprint density at radius 1 is 1.38 bits per heavy atom. The number of hydrogen-bond acceptors (Lipinski definition) is 3. The molecule has 0 fully saturated rings. The van der Waals surface area contributed by atoms with Crippen molar-refractivity contribution < 1.29 is 14.6 Å². The van der Waals surface area contributed by atoms with Gasteiger partial charge < -0.3 is 14.6 Å². The summed E-state index contributed by atoms with van der Waals surface area (Å²) in [7, 11) is 0. The van der Waals surface area contributed by atoms with Crippen molar-refractivity contribution in [1.82, 2.24) is 0 Å². The van der Waals surface area contributed by atoms with Crippen molar-refractivity contribution in [3.05, 3.63) is 23.8 Å². The van der Waals surface area contributed by atoms with Gasteiger partial charge in [-0.15, -0.1) is 0 Å². The lowest BCUT2D eigenvalue weighted by Gasteiger charge is -2.32. The van der Waals surface area contributed by atoms with Gasteiger partial charge in [0.1, 0.15) is 0 Å². The molecule has 0 aromatic heterocycles. The molecule has 0 aliphatic carbocycles. The van der Waals surface area contributed by atoms with Gasteiger partial charge in [0.15, 0.2) is 11.5 Å². The number of rotatable bonds is 0. The van der Waals surface area contributed by atoms with Gasteiger partial charge in [-0.05, 0) is 6.07 Å². The first-order valence-corrected chi connectivity index (χ1v) is 4.22. The Balaban J connectivity index is 2.44. The number of ether oxygens (including phenoxy) is 2. The average Bonchev–Trinajstić information content (AvgIpc) is 2.06. The van der Waals surface area contributed by atoms with Gasteiger partial charge in [-0.2, -0.15) is 0 Å². The van der Waals surface area contributed by atoms with Crippen LogP contribution in [-0.2, 0) is 11.3 Å². The van der Waals surface area contributed by atoms with Crippen LogP contribution in [-0.4, -0.2) is 10.9 Å². The van der Waals surface area contributed by atoms with Gasteiger partial charge in [0.2, 0.25) is 5.79 Å². The molecule has 3 nitrogen and oxygen atoms in total. The highest BCUT2D eigenvalue weighted by Crippen LogP contribution is 2.37. The topological polar surface area (TPSA) is 38.7 Å². The van der Waals surface area contributed by atoms with Gasteiger partial charge >= 0.3 is 0 Å². The maximum Gasteiger partial charge on any atom is 0.205 e. The maximum atomic E-state index is 9.51. The molecule has 1 aromatic carbocycles. The minimum absolute atomic E-state index is 0.175. The molecule has 3 heteroatoms. The smallest absolute Gasteiger partial charge is 0.205 e. The fraction of sp³-hybridized carbons (Fsp3) is 0.400. The molecule has 0 radical (unpaired) electrons. The van der Waals surface area contributed by atoms with E-state index in [0.717, 1.165) is 5.56 Å². The maximum absolute atomic E-state index is 9.51. The number of phenolic OH excluding ortho intramolecular Hbond substituents is 1. The van der Waals surface area contributed by atoms with E-state index in [1.54, 1.807) is 12.1 Å². The molecule has 0 saturated carbocycles. The predicted octanol–water partition coefficient (Wildman–Crippen LogP) is 2.04. The summed E-state index contributed by atoms with van der Waals surface area (Å²) in [6.45, 7) is 4.13. The highest BCUT2D eigenvalue weighted by Gasteiger charge is 2.28. The zero-order chi connectivity index (χ0) is 9.47. The van der Waals surface area contributed by atoms with Crippen molar-refractivity contribution in [1.29, 1.82) is 0 Å². The number of aromatic hydroxyl groups is 1. The lowest BCUT2D eigenvalue weighted by Crippen LogP contribution is -2.35. The molecule has 0 amide bonds. The Bertz CT molecular complexity index is 331. The molecule has 70 valence electrons. The third-order valence-corrected chi connectivity index (χ3v) is 2.00. The van der Waals surface area contributed by atoms with Gasteiger partial charge in [0.05, 0.1) is 6.61 Å². The van der Waals surface area contributed by atoms with Crippen LogP contribution in [0.2, 0.25) is 0 Å². The number of phenols is 1. The van der Waals surface area contributed by atoms with Crippen molar-refractivity contribution in [3.8, 4) is 11.5 Å². The fourth-order valence-corrected chi connectivity index (χ4v) is 1.33.